The van der Waals surface area contributed by atoms with Gasteiger partial charge in [0.15, 0.2) is 0 Å². The van der Waals surface area contributed by atoms with Gasteiger partial charge in [0.25, 0.3) is 0 Å². The molecule has 0 aliphatic carbocycles. The molecule has 2 nitrogen and oxygen atoms in total. The molecule has 0 saturated carbocycles. The van der Waals surface area contributed by atoms with Gasteiger partial charge >= 0.3 is 0 Å². The predicted molar refractivity (Wildman–Crippen MR) is 43.0 cm³/mol. The molecule has 0 aliphatic rings. The van der Waals surface area contributed by atoms with Gasteiger partial charge in [-0.15, -0.1) is 6.58 Å². The van der Waals surface area contributed by atoms with Gasteiger partial charge in [0.1, 0.15) is 5.78 Å². The molecule has 0 heterocycles. The average molecular weight is 141 g/mol. The molecule has 0 amide bonds. The van der Waals surface area contributed by atoms with Gasteiger partial charge in [0.05, 0.1) is 0 Å². The maximum absolute atomic E-state index is 10.5. The third kappa shape index (κ3) is 5.51. The quantitative estimate of drug-likeness (QED) is 0.534. The summed E-state index contributed by atoms with van der Waals surface area (Å²) >= 11 is 0. The minimum atomic E-state index is 0.246. The molecular weight excluding hydrogens is 126 g/mol. The molecule has 0 bridgehead atoms. The molecular formula is C8H15NO. The van der Waals surface area contributed by atoms with Crippen molar-refractivity contribution in [3.8, 4) is 0 Å². The fraction of sp³-hybridized carbons (Fsp3) is 0.625. The zero-order valence-electron chi connectivity index (χ0n) is 6.76. The summed E-state index contributed by atoms with van der Waals surface area (Å²) in [6.07, 6.45) is 2.48. The van der Waals surface area contributed by atoms with Crippen molar-refractivity contribution in [3.63, 3.8) is 0 Å². The van der Waals surface area contributed by atoms with E-state index in [-0.39, 0.29) is 5.78 Å². The first-order valence-corrected chi connectivity index (χ1v) is 3.45. The summed E-state index contributed by atoms with van der Waals surface area (Å²) in [5.74, 6) is 0.246. The fourth-order valence-corrected chi connectivity index (χ4v) is 0.660. The van der Waals surface area contributed by atoms with Crippen molar-refractivity contribution in [2.75, 3.05) is 20.1 Å². The number of hydrogen-bond donors (Lipinski definition) is 0. The number of rotatable bonds is 5. The van der Waals surface area contributed by atoms with E-state index in [9.17, 15) is 4.79 Å². The monoisotopic (exact) mass is 141 g/mol. The van der Waals surface area contributed by atoms with Crippen molar-refractivity contribution in [1.29, 1.82) is 0 Å². The molecule has 0 aromatic heterocycles. The molecule has 0 aromatic carbocycles. The number of ketones is 1. The number of hydrogen-bond acceptors (Lipinski definition) is 2. The third-order valence-electron chi connectivity index (χ3n) is 1.29. The SMILES string of the molecule is C=CCN(C)CCC(C)=O. The lowest BCUT2D eigenvalue weighted by Gasteiger charge is -2.11. The van der Waals surface area contributed by atoms with Crippen molar-refractivity contribution >= 4 is 5.78 Å². The second-order valence-corrected chi connectivity index (χ2v) is 2.50. The highest BCUT2D eigenvalue weighted by atomic mass is 16.1. The Kier molecular flexibility index (Phi) is 4.85. The van der Waals surface area contributed by atoms with E-state index in [1.54, 1.807) is 6.92 Å². The maximum Gasteiger partial charge on any atom is 0.131 e. The first kappa shape index (κ1) is 9.37. The van der Waals surface area contributed by atoms with E-state index in [4.69, 9.17) is 0 Å². The molecule has 0 aliphatic heterocycles. The van der Waals surface area contributed by atoms with Crippen LogP contribution in [0, 0.1) is 0 Å². The van der Waals surface area contributed by atoms with Crippen LogP contribution in [0.1, 0.15) is 13.3 Å². The fourth-order valence-electron chi connectivity index (χ4n) is 0.660. The number of carbonyl (C=O) groups excluding carboxylic acids is 1. The molecule has 58 valence electrons. The molecule has 0 aromatic rings. The van der Waals surface area contributed by atoms with Crippen molar-refractivity contribution in [2.45, 2.75) is 13.3 Å². The van der Waals surface area contributed by atoms with E-state index in [2.05, 4.69) is 11.5 Å². The first-order valence-electron chi connectivity index (χ1n) is 3.45. The summed E-state index contributed by atoms with van der Waals surface area (Å²) in [5, 5.41) is 0. The lowest BCUT2D eigenvalue weighted by molar-refractivity contribution is -0.117. The molecule has 10 heavy (non-hydrogen) atoms. The van der Waals surface area contributed by atoms with Crippen LogP contribution in [-0.2, 0) is 4.79 Å². The molecule has 0 fully saturated rings. The van der Waals surface area contributed by atoms with Gasteiger partial charge in [-0.1, -0.05) is 6.08 Å². The number of nitrogens with zero attached hydrogens (tertiary/aromatic N) is 1. The van der Waals surface area contributed by atoms with Crippen molar-refractivity contribution in [3.05, 3.63) is 12.7 Å². The Hall–Kier alpha value is -0.630. The van der Waals surface area contributed by atoms with Crippen molar-refractivity contribution in [2.24, 2.45) is 0 Å². The molecule has 0 spiro atoms. The highest BCUT2D eigenvalue weighted by Crippen LogP contribution is 1.87. The summed E-state index contributed by atoms with van der Waals surface area (Å²) < 4.78 is 0. The van der Waals surface area contributed by atoms with E-state index < -0.39 is 0 Å². The van der Waals surface area contributed by atoms with Gasteiger partial charge in [-0.25, -0.2) is 0 Å². The second kappa shape index (κ2) is 5.18. The maximum atomic E-state index is 10.5. The van der Waals surface area contributed by atoms with Crippen LogP contribution in [0.15, 0.2) is 12.7 Å². The highest BCUT2D eigenvalue weighted by molar-refractivity contribution is 5.75. The topological polar surface area (TPSA) is 20.3 Å². The number of likely N-dealkylation sites (N-methyl/N-ethyl adjacent to an activating group) is 1. The summed E-state index contributed by atoms with van der Waals surface area (Å²) in [4.78, 5) is 12.6. The van der Waals surface area contributed by atoms with E-state index >= 15 is 0 Å². The summed E-state index contributed by atoms with van der Waals surface area (Å²) in [6.45, 7) is 6.90. The zero-order valence-corrected chi connectivity index (χ0v) is 6.76. The van der Waals surface area contributed by atoms with Gasteiger partial charge < -0.3 is 4.90 Å². The summed E-state index contributed by atoms with van der Waals surface area (Å²) in [7, 11) is 1.98. The lowest BCUT2D eigenvalue weighted by Crippen LogP contribution is -2.20. The van der Waals surface area contributed by atoms with Gasteiger partial charge in [-0.3, -0.25) is 4.79 Å². The molecule has 0 atom stereocenters. The largest absolute Gasteiger partial charge is 0.302 e. The Labute approximate surface area is 62.5 Å². The Balaban J connectivity index is 3.29. The van der Waals surface area contributed by atoms with Crippen LogP contribution in [0.4, 0.5) is 0 Å². The van der Waals surface area contributed by atoms with Gasteiger partial charge in [-0.05, 0) is 14.0 Å². The Morgan fingerprint density at radius 1 is 1.70 bits per heavy atom. The lowest BCUT2D eigenvalue weighted by atomic mass is 10.3. The number of Topliss-reactive ketones (excluding diaryl/α,β-unsaturated/α-hetero) is 1. The molecule has 0 unspecified atom stereocenters. The Bertz CT molecular complexity index is 120. The average Bonchev–Trinajstić information content (AvgIpc) is 1.85. The minimum absolute atomic E-state index is 0.246. The highest BCUT2D eigenvalue weighted by Gasteiger charge is 1.96. The minimum Gasteiger partial charge on any atom is -0.302 e. The second-order valence-electron chi connectivity index (χ2n) is 2.50. The van der Waals surface area contributed by atoms with Crippen LogP contribution in [0.5, 0.6) is 0 Å². The van der Waals surface area contributed by atoms with Gasteiger partial charge in [0, 0.05) is 19.5 Å². The molecule has 0 rings (SSSR count). The van der Waals surface area contributed by atoms with E-state index in [1.807, 2.05) is 13.1 Å². The van der Waals surface area contributed by atoms with Crippen molar-refractivity contribution in [1.82, 2.24) is 4.90 Å². The van der Waals surface area contributed by atoms with Crippen LogP contribution in [0.3, 0.4) is 0 Å². The van der Waals surface area contributed by atoms with E-state index in [1.165, 1.54) is 0 Å². The van der Waals surface area contributed by atoms with Crippen molar-refractivity contribution < 1.29 is 4.79 Å². The predicted octanol–water partition coefficient (Wildman–Crippen LogP) is 1.08. The van der Waals surface area contributed by atoms with Gasteiger partial charge in [0.2, 0.25) is 0 Å². The standard InChI is InChI=1S/C8H15NO/c1-4-6-9(3)7-5-8(2)10/h4H,1,5-7H2,2-3H3. The molecule has 0 radical (unpaired) electrons. The smallest absolute Gasteiger partial charge is 0.131 e. The Morgan fingerprint density at radius 2 is 2.30 bits per heavy atom. The van der Waals surface area contributed by atoms with E-state index in [0.717, 1.165) is 13.1 Å². The Morgan fingerprint density at radius 3 is 2.70 bits per heavy atom. The summed E-state index contributed by atoms with van der Waals surface area (Å²) in [5.41, 5.74) is 0. The van der Waals surface area contributed by atoms with Crippen LogP contribution >= 0.6 is 0 Å². The zero-order chi connectivity index (χ0) is 7.98. The molecule has 0 saturated heterocycles. The van der Waals surface area contributed by atoms with Crippen LogP contribution < -0.4 is 0 Å². The van der Waals surface area contributed by atoms with Crippen LogP contribution in [-0.4, -0.2) is 30.8 Å². The normalized spacial score (nSPS) is 9.90. The summed E-state index contributed by atoms with van der Waals surface area (Å²) in [6, 6.07) is 0. The van der Waals surface area contributed by atoms with Crippen LogP contribution in [0.25, 0.3) is 0 Å². The molecule has 0 N–H and O–H groups in total. The molecule has 2 heteroatoms. The number of carbonyl (C=O) groups is 1. The van der Waals surface area contributed by atoms with Crippen LogP contribution in [0.2, 0.25) is 0 Å². The van der Waals surface area contributed by atoms with Gasteiger partial charge in [-0.2, -0.15) is 0 Å². The third-order valence-corrected chi connectivity index (χ3v) is 1.29. The van der Waals surface area contributed by atoms with E-state index in [0.29, 0.717) is 6.42 Å². The first-order chi connectivity index (χ1) is 4.66.